The van der Waals surface area contributed by atoms with Gasteiger partial charge in [-0.25, -0.2) is 4.79 Å². The van der Waals surface area contributed by atoms with Crippen molar-refractivity contribution in [1.29, 1.82) is 0 Å². The maximum absolute atomic E-state index is 13.0. The minimum atomic E-state index is -1.39. The molecule has 2 heterocycles. The molecule has 162 valence electrons. The highest BCUT2D eigenvalue weighted by Gasteiger charge is 2.31. The largest absolute Gasteiger partial charge is 0.593 e. The molecule has 1 saturated heterocycles. The van der Waals surface area contributed by atoms with Crippen LogP contribution in [0.5, 0.6) is 0 Å². The van der Waals surface area contributed by atoms with Gasteiger partial charge in [-0.05, 0) is 50.1 Å². The number of benzene rings is 2. The van der Waals surface area contributed by atoms with Crippen LogP contribution < -0.4 is 11.3 Å². The van der Waals surface area contributed by atoms with E-state index in [1.165, 1.54) is 4.57 Å². The number of carbonyl (C=O) groups is 1. The zero-order chi connectivity index (χ0) is 22.1. The maximum Gasteiger partial charge on any atom is 0.340 e. The number of hydrogen-bond acceptors (Lipinski definition) is 6. The minimum Gasteiger partial charge on any atom is -0.593 e. The number of fused-ring (bicyclic) bond motifs is 1. The van der Waals surface area contributed by atoms with Crippen LogP contribution in [0.15, 0.2) is 58.4 Å². The van der Waals surface area contributed by atoms with Gasteiger partial charge in [0.2, 0.25) is 0 Å². The van der Waals surface area contributed by atoms with E-state index in [1.807, 2.05) is 30.3 Å². The van der Waals surface area contributed by atoms with Gasteiger partial charge in [-0.15, -0.1) is 4.31 Å². The van der Waals surface area contributed by atoms with Gasteiger partial charge in [0, 0.05) is 24.2 Å². The number of hydrogen-bond donors (Lipinski definition) is 1. The van der Waals surface area contributed by atoms with E-state index in [1.54, 1.807) is 36.5 Å². The number of rotatable bonds is 5. The third-order valence-corrected chi connectivity index (χ3v) is 7.06. The molecule has 4 rings (SSSR count). The first-order valence-corrected chi connectivity index (χ1v) is 11.2. The Kier molecular flexibility index (Phi) is 6.15. The van der Waals surface area contributed by atoms with Crippen molar-refractivity contribution in [2.45, 2.75) is 37.9 Å². The molecule has 0 aliphatic carbocycles. The second-order valence-electron chi connectivity index (χ2n) is 7.87. The van der Waals surface area contributed by atoms with Crippen LogP contribution >= 0.6 is 0 Å². The van der Waals surface area contributed by atoms with Gasteiger partial charge < -0.3 is 15.0 Å². The number of nitrogens with two attached hydrogens (primary N) is 1. The highest BCUT2D eigenvalue weighted by atomic mass is 32.2. The summed E-state index contributed by atoms with van der Waals surface area (Å²) in [6, 6.07) is 12.4. The normalized spacial score (nSPS) is 17.7. The summed E-state index contributed by atoms with van der Waals surface area (Å²) in [7, 11) is 0. The summed E-state index contributed by atoms with van der Waals surface area (Å²) in [6.07, 6.45) is 2.37. The van der Waals surface area contributed by atoms with Crippen LogP contribution in [0, 0.1) is 13.8 Å². The van der Waals surface area contributed by atoms with Gasteiger partial charge in [-0.3, -0.25) is 9.36 Å². The number of pyridine rings is 1. The summed E-state index contributed by atoms with van der Waals surface area (Å²) in [6.45, 7) is 4.83. The quantitative estimate of drug-likeness (QED) is 0.484. The van der Waals surface area contributed by atoms with E-state index in [9.17, 15) is 14.1 Å². The summed E-state index contributed by atoms with van der Waals surface area (Å²) >= 11 is -1.39. The third kappa shape index (κ3) is 4.38. The van der Waals surface area contributed by atoms with Crippen LogP contribution in [0.25, 0.3) is 10.8 Å². The molecule has 2 N–H and O–H groups in total. The summed E-state index contributed by atoms with van der Waals surface area (Å²) in [5.74, 6) is -0.482. The molecule has 3 aromatic rings. The van der Waals surface area contributed by atoms with Crippen molar-refractivity contribution in [2.24, 2.45) is 5.73 Å². The molecule has 1 aliphatic heterocycles. The Labute approximate surface area is 183 Å². The lowest BCUT2D eigenvalue weighted by atomic mass is 10.1. The summed E-state index contributed by atoms with van der Waals surface area (Å²) in [5, 5.41) is 1.06. The van der Waals surface area contributed by atoms with Crippen molar-refractivity contribution in [3.63, 3.8) is 0 Å². The fraction of sp³-hybridized carbons (Fsp3) is 0.304. The molecule has 1 aromatic heterocycles. The first-order valence-electron chi connectivity index (χ1n) is 10.1. The first-order chi connectivity index (χ1) is 14.8. The molecule has 8 heteroatoms. The Hall–Kier alpha value is -2.65. The van der Waals surface area contributed by atoms with Gasteiger partial charge in [-0.2, -0.15) is 0 Å². The molecule has 0 spiro atoms. The molecule has 2 atom stereocenters. The fourth-order valence-electron chi connectivity index (χ4n) is 3.84. The minimum absolute atomic E-state index is 0.0167. The molecule has 31 heavy (non-hydrogen) atoms. The molecule has 2 aromatic carbocycles. The van der Waals surface area contributed by atoms with Gasteiger partial charge in [0.25, 0.3) is 5.56 Å². The molecule has 0 bridgehead atoms. The lowest BCUT2D eigenvalue weighted by molar-refractivity contribution is 0.0366. The molecule has 2 unspecified atom stereocenters. The van der Waals surface area contributed by atoms with Gasteiger partial charge in [-0.1, -0.05) is 23.8 Å². The van der Waals surface area contributed by atoms with Crippen molar-refractivity contribution in [2.75, 3.05) is 13.1 Å². The average molecular weight is 440 g/mol. The summed E-state index contributed by atoms with van der Waals surface area (Å²) in [5.41, 5.74) is 8.00. The van der Waals surface area contributed by atoms with Gasteiger partial charge in [0.1, 0.15) is 0 Å². The lowest BCUT2D eigenvalue weighted by Crippen LogP contribution is -2.32. The third-order valence-electron chi connectivity index (χ3n) is 5.53. The molecule has 7 nitrogen and oxygen atoms in total. The number of aromatic nitrogens is 1. The van der Waals surface area contributed by atoms with E-state index in [0.717, 1.165) is 17.5 Å². The Morgan fingerprint density at radius 3 is 2.74 bits per heavy atom. The van der Waals surface area contributed by atoms with Crippen molar-refractivity contribution in [1.82, 2.24) is 8.87 Å². The Morgan fingerprint density at radius 2 is 2.03 bits per heavy atom. The number of ether oxygens (including phenoxy) is 1. The zero-order valence-electron chi connectivity index (χ0n) is 17.5. The summed E-state index contributed by atoms with van der Waals surface area (Å²) < 4.78 is 21.6. The van der Waals surface area contributed by atoms with Crippen LogP contribution in [-0.2, 0) is 22.8 Å². The van der Waals surface area contributed by atoms with E-state index in [0.29, 0.717) is 34.3 Å². The lowest BCUT2D eigenvalue weighted by Gasteiger charge is -2.20. The van der Waals surface area contributed by atoms with E-state index in [-0.39, 0.29) is 18.3 Å². The highest BCUT2D eigenvalue weighted by Crippen LogP contribution is 2.26. The topological polar surface area (TPSA) is 101 Å². The molecular formula is C23H25N3O4S. The number of nitrogens with zero attached hydrogens (tertiary/aromatic N) is 2. The second-order valence-corrected chi connectivity index (χ2v) is 9.33. The maximum atomic E-state index is 13.0. The van der Waals surface area contributed by atoms with Crippen molar-refractivity contribution >= 4 is 28.1 Å². The van der Waals surface area contributed by atoms with E-state index < -0.39 is 17.3 Å². The van der Waals surface area contributed by atoms with E-state index in [2.05, 4.69) is 0 Å². The summed E-state index contributed by atoms with van der Waals surface area (Å²) in [4.78, 5) is 26.0. The Balaban J connectivity index is 1.57. The fourth-order valence-corrected chi connectivity index (χ4v) is 5.27. The van der Waals surface area contributed by atoms with Crippen LogP contribution in [0.2, 0.25) is 0 Å². The first kappa shape index (κ1) is 21.6. The molecule has 1 aliphatic rings. The Morgan fingerprint density at radius 1 is 1.23 bits per heavy atom. The van der Waals surface area contributed by atoms with Gasteiger partial charge >= 0.3 is 5.97 Å². The monoisotopic (exact) mass is 439 g/mol. The van der Waals surface area contributed by atoms with Crippen molar-refractivity contribution in [3.8, 4) is 0 Å². The molecule has 1 fully saturated rings. The standard InChI is InChI=1S/C23H25N3O4S/c1-15-6-7-18(16(2)12-15)23(28)30-14-25-10-9-19-20(22(25)27)4-3-5-21(19)31(29)26-11-8-17(24)13-26/h3-7,9-10,12,17H,8,11,13-14,24H2,1-2H3. The SMILES string of the molecule is Cc1ccc(C(=O)OCn2ccc3c([S+]([O-])N4CCC(N)C4)cccc3c2=O)c(C)c1. The Bertz CT molecular complexity index is 1190. The highest BCUT2D eigenvalue weighted by molar-refractivity contribution is 7.89. The molecular weight excluding hydrogens is 414 g/mol. The van der Waals surface area contributed by atoms with Crippen LogP contribution in [0.4, 0.5) is 0 Å². The molecule has 0 radical (unpaired) electrons. The van der Waals surface area contributed by atoms with Crippen LogP contribution in [-0.4, -0.2) is 38.5 Å². The number of esters is 1. The molecule has 0 amide bonds. The molecule has 0 saturated carbocycles. The zero-order valence-corrected chi connectivity index (χ0v) is 18.4. The predicted molar refractivity (Wildman–Crippen MR) is 120 cm³/mol. The van der Waals surface area contributed by atoms with Crippen LogP contribution in [0.1, 0.15) is 27.9 Å². The van der Waals surface area contributed by atoms with E-state index >= 15 is 0 Å². The van der Waals surface area contributed by atoms with E-state index in [4.69, 9.17) is 10.5 Å². The van der Waals surface area contributed by atoms with Gasteiger partial charge in [0.15, 0.2) is 11.6 Å². The number of aryl methyl sites for hydroxylation is 2. The number of carbonyl (C=O) groups excluding carboxylic acids is 1. The van der Waals surface area contributed by atoms with Crippen molar-refractivity contribution < 1.29 is 14.1 Å². The predicted octanol–water partition coefficient (Wildman–Crippen LogP) is 2.49. The van der Waals surface area contributed by atoms with Crippen molar-refractivity contribution in [3.05, 3.63) is 75.7 Å². The second kappa shape index (κ2) is 8.84. The van der Waals surface area contributed by atoms with Crippen LogP contribution in [0.3, 0.4) is 0 Å². The van der Waals surface area contributed by atoms with Gasteiger partial charge in [0.05, 0.1) is 28.9 Å². The smallest absolute Gasteiger partial charge is 0.340 e. The average Bonchev–Trinajstić information content (AvgIpc) is 3.18.